The van der Waals surface area contributed by atoms with Gasteiger partial charge in [0.25, 0.3) is 5.78 Å². The molecular weight excluding hydrogens is 429 g/mol. The number of halogens is 1. The number of nitrogens with zero attached hydrogens (tertiary/aromatic N) is 7. The van der Waals surface area contributed by atoms with Crippen LogP contribution in [0.1, 0.15) is 29.8 Å². The first-order chi connectivity index (χ1) is 16.5. The van der Waals surface area contributed by atoms with Crippen molar-refractivity contribution in [2.45, 2.75) is 18.3 Å². The predicted molar refractivity (Wildman–Crippen MR) is 128 cm³/mol. The lowest BCUT2D eigenvalue weighted by atomic mass is 9.94. The van der Waals surface area contributed by atoms with Crippen molar-refractivity contribution in [3.05, 3.63) is 90.3 Å². The summed E-state index contributed by atoms with van der Waals surface area (Å²) in [5, 5.41) is 14.6. The second kappa shape index (κ2) is 7.41. The Balaban J connectivity index is 1.42. The largest absolute Gasteiger partial charge is 0.378 e. The van der Waals surface area contributed by atoms with Crippen LogP contribution in [0.15, 0.2) is 67.5 Å². The Labute approximate surface area is 195 Å². The van der Waals surface area contributed by atoms with Crippen LogP contribution in [0.4, 0.5) is 4.39 Å². The van der Waals surface area contributed by atoms with Gasteiger partial charge in [0.05, 0.1) is 17.1 Å². The molecular formula is C26H22FN7. The molecule has 0 amide bonds. The van der Waals surface area contributed by atoms with Gasteiger partial charge in [0.2, 0.25) is 0 Å². The SMILES string of the molecule is C=C(c1ccc(-c2cnc3nnc(C4(c5ccc6ncccc6c5)CC4)n3n2)cc1F)N(C)C. The van der Waals surface area contributed by atoms with E-state index in [9.17, 15) is 4.39 Å². The minimum absolute atomic E-state index is 0.269. The molecule has 1 aliphatic carbocycles. The van der Waals surface area contributed by atoms with Gasteiger partial charge in [0.15, 0.2) is 5.82 Å². The normalized spacial score (nSPS) is 14.4. The van der Waals surface area contributed by atoms with Crippen LogP contribution in [0.3, 0.4) is 0 Å². The molecule has 7 nitrogen and oxygen atoms in total. The van der Waals surface area contributed by atoms with Crippen molar-refractivity contribution >= 4 is 22.4 Å². The van der Waals surface area contributed by atoms with Crippen LogP contribution in [0.25, 0.3) is 33.6 Å². The minimum atomic E-state index is -0.356. The maximum absolute atomic E-state index is 14.9. The lowest BCUT2D eigenvalue weighted by Gasteiger charge is -2.17. The maximum atomic E-state index is 14.9. The molecule has 34 heavy (non-hydrogen) atoms. The summed E-state index contributed by atoms with van der Waals surface area (Å²) < 4.78 is 16.6. The fraction of sp³-hybridized carbons (Fsp3) is 0.192. The highest BCUT2D eigenvalue weighted by Gasteiger charge is 2.50. The highest BCUT2D eigenvalue weighted by molar-refractivity contribution is 5.79. The van der Waals surface area contributed by atoms with Crippen molar-refractivity contribution in [3.63, 3.8) is 0 Å². The van der Waals surface area contributed by atoms with Crippen LogP contribution in [-0.4, -0.2) is 48.8 Å². The van der Waals surface area contributed by atoms with Gasteiger partial charge in [0, 0.05) is 42.5 Å². The number of rotatable bonds is 5. The first-order valence-corrected chi connectivity index (χ1v) is 11.1. The number of benzene rings is 2. The van der Waals surface area contributed by atoms with Crippen LogP contribution >= 0.6 is 0 Å². The van der Waals surface area contributed by atoms with E-state index < -0.39 is 0 Å². The molecule has 0 unspecified atom stereocenters. The van der Waals surface area contributed by atoms with E-state index in [0.29, 0.717) is 28.3 Å². The number of aromatic nitrogens is 6. The van der Waals surface area contributed by atoms with E-state index >= 15 is 0 Å². The van der Waals surface area contributed by atoms with Crippen LogP contribution < -0.4 is 0 Å². The summed E-state index contributed by atoms with van der Waals surface area (Å²) in [7, 11) is 3.67. The molecule has 1 saturated carbocycles. The highest BCUT2D eigenvalue weighted by atomic mass is 19.1. The number of hydrogen-bond acceptors (Lipinski definition) is 6. The molecule has 6 rings (SSSR count). The zero-order valence-electron chi connectivity index (χ0n) is 18.9. The summed E-state index contributed by atoms with van der Waals surface area (Å²) in [5.74, 6) is 0.814. The van der Waals surface area contributed by atoms with Crippen LogP contribution in [0, 0.1) is 5.82 Å². The first kappa shape index (κ1) is 20.4. The van der Waals surface area contributed by atoms with E-state index in [4.69, 9.17) is 5.10 Å². The molecule has 0 saturated heterocycles. The average Bonchev–Trinajstić information content (AvgIpc) is 3.55. The van der Waals surface area contributed by atoms with Gasteiger partial charge in [-0.15, -0.1) is 10.2 Å². The Hall–Kier alpha value is -4.20. The van der Waals surface area contributed by atoms with Crippen LogP contribution in [0.5, 0.6) is 0 Å². The molecule has 5 aromatic rings. The van der Waals surface area contributed by atoms with Gasteiger partial charge in [0.1, 0.15) is 11.5 Å². The zero-order valence-corrected chi connectivity index (χ0v) is 18.9. The van der Waals surface area contributed by atoms with Gasteiger partial charge in [-0.2, -0.15) is 9.61 Å². The van der Waals surface area contributed by atoms with E-state index in [0.717, 1.165) is 35.1 Å². The Morgan fingerprint density at radius 2 is 1.91 bits per heavy atom. The van der Waals surface area contributed by atoms with Gasteiger partial charge in [-0.05, 0) is 48.7 Å². The molecule has 168 valence electrons. The van der Waals surface area contributed by atoms with Crippen molar-refractivity contribution in [1.29, 1.82) is 0 Å². The summed E-state index contributed by atoms with van der Waals surface area (Å²) in [5.41, 5.74) is 4.08. The van der Waals surface area contributed by atoms with E-state index in [1.165, 1.54) is 6.07 Å². The number of pyridine rings is 1. The molecule has 2 aromatic carbocycles. The van der Waals surface area contributed by atoms with Gasteiger partial charge < -0.3 is 4.90 Å². The molecule has 3 heterocycles. The van der Waals surface area contributed by atoms with Crippen molar-refractivity contribution < 1.29 is 4.39 Å². The van der Waals surface area contributed by atoms with E-state index in [-0.39, 0.29) is 11.2 Å². The molecule has 1 fully saturated rings. The lowest BCUT2D eigenvalue weighted by molar-refractivity contribution is 0.574. The summed E-state index contributed by atoms with van der Waals surface area (Å²) in [6.07, 6.45) is 5.29. The Kier molecular flexibility index (Phi) is 4.45. The number of hydrogen-bond donors (Lipinski definition) is 0. The van der Waals surface area contributed by atoms with Crippen LogP contribution in [0.2, 0.25) is 0 Å². The summed E-state index contributed by atoms with van der Waals surface area (Å²) in [4.78, 5) is 10.7. The summed E-state index contributed by atoms with van der Waals surface area (Å²) in [6.45, 7) is 3.95. The van der Waals surface area contributed by atoms with Crippen molar-refractivity contribution in [2.24, 2.45) is 0 Å². The van der Waals surface area contributed by atoms with Gasteiger partial charge in [-0.1, -0.05) is 24.8 Å². The second-order valence-electron chi connectivity index (χ2n) is 8.91. The molecule has 0 aliphatic heterocycles. The Morgan fingerprint density at radius 3 is 2.68 bits per heavy atom. The third kappa shape index (κ3) is 3.14. The lowest BCUT2D eigenvalue weighted by Crippen LogP contribution is -2.15. The molecule has 1 aliphatic rings. The van der Waals surface area contributed by atoms with E-state index in [2.05, 4.69) is 44.9 Å². The quantitative estimate of drug-likeness (QED) is 0.392. The first-order valence-electron chi connectivity index (χ1n) is 11.1. The van der Waals surface area contributed by atoms with Gasteiger partial charge >= 0.3 is 0 Å². The van der Waals surface area contributed by atoms with Crippen molar-refractivity contribution in [1.82, 2.24) is 34.7 Å². The van der Waals surface area contributed by atoms with Crippen LogP contribution in [-0.2, 0) is 5.41 Å². The molecule has 0 N–H and O–H groups in total. The minimum Gasteiger partial charge on any atom is -0.378 e. The monoisotopic (exact) mass is 451 g/mol. The Morgan fingerprint density at radius 1 is 1.06 bits per heavy atom. The molecule has 0 spiro atoms. The third-order valence-electron chi connectivity index (χ3n) is 6.58. The fourth-order valence-electron chi connectivity index (χ4n) is 4.42. The van der Waals surface area contributed by atoms with Crippen molar-refractivity contribution in [2.75, 3.05) is 14.1 Å². The highest BCUT2D eigenvalue weighted by Crippen LogP contribution is 2.53. The van der Waals surface area contributed by atoms with E-state index in [1.807, 2.05) is 32.3 Å². The third-order valence-corrected chi connectivity index (χ3v) is 6.58. The molecule has 3 aromatic heterocycles. The smallest absolute Gasteiger partial charge is 0.271 e. The average molecular weight is 452 g/mol. The second-order valence-corrected chi connectivity index (χ2v) is 8.91. The Bertz CT molecular complexity index is 1580. The van der Waals surface area contributed by atoms with Gasteiger partial charge in [-0.25, -0.2) is 9.37 Å². The van der Waals surface area contributed by atoms with Gasteiger partial charge in [-0.3, -0.25) is 4.98 Å². The van der Waals surface area contributed by atoms with E-state index in [1.54, 1.807) is 27.9 Å². The summed E-state index contributed by atoms with van der Waals surface area (Å²) in [6, 6.07) is 15.3. The molecule has 8 heteroatoms. The number of fused-ring (bicyclic) bond motifs is 2. The topological polar surface area (TPSA) is 72.1 Å². The van der Waals surface area contributed by atoms with Crippen molar-refractivity contribution in [3.8, 4) is 11.3 Å². The standard InChI is InChI=1S/C26H22FN7/c1-16(33(2)3)20-8-6-18(14-21(20)27)23-15-29-25-31-30-24(34(25)32-23)26(10-11-26)19-7-9-22-17(13-19)5-4-12-28-22/h4-9,12-15H,1,10-11H2,2-3H3. The predicted octanol–water partition coefficient (Wildman–Crippen LogP) is 4.49. The molecule has 0 radical (unpaired) electrons. The fourth-order valence-corrected chi connectivity index (χ4v) is 4.42. The summed E-state index contributed by atoms with van der Waals surface area (Å²) >= 11 is 0. The maximum Gasteiger partial charge on any atom is 0.271 e. The molecule has 0 bridgehead atoms. The zero-order chi connectivity index (χ0) is 23.4. The molecule has 0 atom stereocenters.